The summed E-state index contributed by atoms with van der Waals surface area (Å²) in [5.74, 6) is -1.61. The standard InChI is InChI=1S/C35H45ClFN5O6S/c1-22(2)42-20-24(12-17-31(42)43)32(23-10-13-25(36)14-11-23)33(40-35(45)48-4)34(44)39-30-9-5-8-29(37)28(30)16-15-26-21-41(3)27(19-38-26)7-6-18-49(46)47/h5,8-14,17,20,22,26-27,32-33,38H,6-7,15-16,18-19,21H2,1-4H3,(H,39,44)(H,40,45)(H,46,47). The number of anilines is 1. The first-order chi connectivity index (χ1) is 23.4. The molecular formula is C35H45ClFN5O6S. The molecule has 1 aliphatic rings. The molecule has 4 N–H and O–H groups in total. The molecule has 3 aromatic rings. The van der Waals surface area contributed by atoms with E-state index in [0.29, 0.717) is 47.5 Å². The molecule has 1 fully saturated rings. The molecule has 0 aliphatic carbocycles. The zero-order chi connectivity index (χ0) is 35.7. The Kier molecular flexibility index (Phi) is 13.9. The van der Waals surface area contributed by atoms with Gasteiger partial charge in [-0.3, -0.25) is 9.59 Å². The largest absolute Gasteiger partial charge is 0.453 e. The Labute approximate surface area is 293 Å². The van der Waals surface area contributed by atoms with E-state index in [2.05, 4.69) is 20.9 Å². The molecule has 14 heteroatoms. The summed E-state index contributed by atoms with van der Waals surface area (Å²) in [7, 11) is 3.21. The number of carbonyl (C=O) groups is 2. The Morgan fingerprint density at radius 3 is 2.49 bits per heavy atom. The highest BCUT2D eigenvalue weighted by Crippen LogP contribution is 2.31. The van der Waals surface area contributed by atoms with Gasteiger partial charge in [0.1, 0.15) is 11.9 Å². The van der Waals surface area contributed by atoms with Crippen molar-refractivity contribution in [2.24, 2.45) is 0 Å². The van der Waals surface area contributed by atoms with E-state index in [1.807, 2.05) is 20.9 Å². The topological polar surface area (TPSA) is 142 Å². The van der Waals surface area contributed by atoms with Gasteiger partial charge in [0.15, 0.2) is 11.1 Å². The van der Waals surface area contributed by atoms with E-state index in [0.717, 1.165) is 13.0 Å². The Morgan fingerprint density at radius 1 is 1.12 bits per heavy atom. The molecule has 1 saturated heterocycles. The third-order valence-electron chi connectivity index (χ3n) is 8.93. The van der Waals surface area contributed by atoms with Crippen LogP contribution in [-0.4, -0.2) is 81.4 Å². The van der Waals surface area contributed by atoms with Crippen molar-refractivity contribution in [3.05, 3.63) is 98.7 Å². The van der Waals surface area contributed by atoms with Crippen LogP contribution in [0, 0.1) is 5.82 Å². The summed E-state index contributed by atoms with van der Waals surface area (Å²) >= 11 is 4.39. The number of hydrogen-bond donors (Lipinski definition) is 4. The fourth-order valence-electron chi connectivity index (χ4n) is 6.28. The van der Waals surface area contributed by atoms with E-state index < -0.39 is 40.9 Å². The number of alkyl carbamates (subject to hydrolysis) is 1. The minimum Gasteiger partial charge on any atom is -0.453 e. The van der Waals surface area contributed by atoms with E-state index in [4.69, 9.17) is 20.9 Å². The van der Waals surface area contributed by atoms with Crippen molar-refractivity contribution < 1.29 is 27.5 Å². The quantitative estimate of drug-likeness (QED) is 0.172. The van der Waals surface area contributed by atoms with Gasteiger partial charge in [0, 0.05) is 71.4 Å². The number of likely N-dealkylation sites (N-methyl/N-ethyl adjacent to an activating group) is 1. The first-order valence-electron chi connectivity index (χ1n) is 16.3. The molecular weight excluding hydrogens is 673 g/mol. The Morgan fingerprint density at radius 2 is 1.84 bits per heavy atom. The van der Waals surface area contributed by atoms with Crippen LogP contribution in [0.15, 0.2) is 65.6 Å². The SMILES string of the molecule is COC(=O)NC(C(=O)Nc1cccc(F)c1CCC1CN(C)C(CCCS(=O)O)CN1)C(c1ccc(Cl)cc1)c1ccc(=O)n(C(C)C)c1. The number of pyridine rings is 1. The molecule has 4 rings (SSSR count). The van der Waals surface area contributed by atoms with Crippen LogP contribution in [0.1, 0.15) is 61.8 Å². The first kappa shape index (κ1) is 38.2. The lowest BCUT2D eigenvalue weighted by molar-refractivity contribution is -0.118. The summed E-state index contributed by atoms with van der Waals surface area (Å²) < 4.78 is 41.9. The minimum atomic E-state index is -1.80. The molecule has 266 valence electrons. The van der Waals surface area contributed by atoms with Crippen LogP contribution in [0.5, 0.6) is 0 Å². The van der Waals surface area contributed by atoms with Crippen molar-refractivity contribution in [2.45, 2.75) is 69.6 Å². The van der Waals surface area contributed by atoms with Gasteiger partial charge in [-0.15, -0.1) is 0 Å². The van der Waals surface area contributed by atoms with Crippen LogP contribution in [0.4, 0.5) is 14.9 Å². The van der Waals surface area contributed by atoms with Crippen LogP contribution in [-0.2, 0) is 27.0 Å². The Hall–Kier alpha value is -3.62. The molecule has 1 aromatic heterocycles. The van der Waals surface area contributed by atoms with Gasteiger partial charge in [-0.1, -0.05) is 35.9 Å². The fraction of sp³-hybridized carbons (Fsp3) is 0.457. The van der Waals surface area contributed by atoms with Crippen molar-refractivity contribution in [1.29, 1.82) is 0 Å². The highest BCUT2D eigenvalue weighted by molar-refractivity contribution is 7.79. The zero-order valence-electron chi connectivity index (χ0n) is 28.2. The number of ether oxygens (including phenoxy) is 1. The van der Waals surface area contributed by atoms with Gasteiger partial charge in [-0.05, 0) is 82.0 Å². The van der Waals surface area contributed by atoms with Gasteiger partial charge in [0.05, 0.1) is 7.11 Å². The van der Waals surface area contributed by atoms with Crippen LogP contribution in [0.25, 0.3) is 0 Å². The van der Waals surface area contributed by atoms with Crippen molar-refractivity contribution in [1.82, 2.24) is 20.1 Å². The highest BCUT2D eigenvalue weighted by Gasteiger charge is 2.34. The second-order valence-electron chi connectivity index (χ2n) is 12.6. The molecule has 2 aromatic carbocycles. The van der Waals surface area contributed by atoms with E-state index in [1.165, 1.54) is 25.3 Å². The summed E-state index contributed by atoms with van der Waals surface area (Å²) in [6.07, 6.45) is 3.20. The molecule has 0 radical (unpaired) electrons. The number of benzene rings is 2. The highest BCUT2D eigenvalue weighted by atomic mass is 35.5. The Balaban J connectivity index is 1.60. The molecule has 11 nitrogen and oxygen atoms in total. The van der Waals surface area contributed by atoms with Gasteiger partial charge in [-0.25, -0.2) is 13.4 Å². The maximum atomic E-state index is 15.4. The molecule has 2 amide bonds. The molecule has 49 heavy (non-hydrogen) atoms. The third kappa shape index (κ3) is 10.4. The number of amides is 2. The molecule has 5 unspecified atom stereocenters. The molecule has 0 saturated carbocycles. The first-order valence-corrected chi connectivity index (χ1v) is 17.9. The maximum Gasteiger partial charge on any atom is 0.407 e. The third-order valence-corrected chi connectivity index (χ3v) is 9.82. The van der Waals surface area contributed by atoms with Crippen LogP contribution in [0.3, 0.4) is 0 Å². The predicted octanol–water partition coefficient (Wildman–Crippen LogP) is 4.92. The van der Waals surface area contributed by atoms with Crippen molar-refractivity contribution in [3.8, 4) is 0 Å². The lowest BCUT2D eigenvalue weighted by atomic mass is 9.85. The van der Waals surface area contributed by atoms with Gasteiger partial charge in [0.2, 0.25) is 5.91 Å². The van der Waals surface area contributed by atoms with E-state index in [9.17, 15) is 18.6 Å². The number of halogens is 2. The van der Waals surface area contributed by atoms with E-state index in [1.54, 1.807) is 47.2 Å². The number of hydrogen-bond acceptors (Lipinski definition) is 7. The molecule has 1 aliphatic heterocycles. The molecule has 0 spiro atoms. The van der Waals surface area contributed by atoms with E-state index in [-0.39, 0.29) is 35.1 Å². The number of carbonyl (C=O) groups excluding carboxylic acids is 2. The van der Waals surface area contributed by atoms with Crippen LogP contribution >= 0.6 is 11.6 Å². The van der Waals surface area contributed by atoms with Gasteiger partial charge < -0.3 is 34.7 Å². The predicted molar refractivity (Wildman–Crippen MR) is 190 cm³/mol. The van der Waals surface area contributed by atoms with Gasteiger partial charge >= 0.3 is 6.09 Å². The smallest absolute Gasteiger partial charge is 0.407 e. The summed E-state index contributed by atoms with van der Waals surface area (Å²) in [6, 6.07) is 13.3. The molecule has 0 bridgehead atoms. The number of aromatic nitrogens is 1. The van der Waals surface area contributed by atoms with Crippen molar-refractivity contribution >= 4 is 40.4 Å². The van der Waals surface area contributed by atoms with Gasteiger partial charge in [-0.2, -0.15) is 0 Å². The summed E-state index contributed by atoms with van der Waals surface area (Å²) in [5.41, 5.74) is 1.63. The van der Waals surface area contributed by atoms with Crippen LogP contribution < -0.4 is 21.5 Å². The average Bonchev–Trinajstić information content (AvgIpc) is 3.06. The molecule has 5 atom stereocenters. The number of methoxy groups -OCH3 is 1. The molecule has 2 heterocycles. The fourth-order valence-corrected chi connectivity index (χ4v) is 6.82. The number of rotatable bonds is 14. The summed E-state index contributed by atoms with van der Waals surface area (Å²) in [4.78, 5) is 41.8. The number of piperazine rings is 1. The number of nitrogens with one attached hydrogen (secondary N) is 3. The van der Waals surface area contributed by atoms with Crippen molar-refractivity contribution in [2.75, 3.05) is 38.3 Å². The zero-order valence-corrected chi connectivity index (χ0v) is 29.7. The monoisotopic (exact) mass is 717 g/mol. The van der Waals surface area contributed by atoms with Crippen LogP contribution in [0.2, 0.25) is 5.02 Å². The lowest BCUT2D eigenvalue weighted by Crippen LogP contribution is -2.55. The Bertz CT molecular complexity index is 1670. The second-order valence-corrected chi connectivity index (χ2v) is 14.1. The maximum absolute atomic E-state index is 15.4. The summed E-state index contributed by atoms with van der Waals surface area (Å²) in [6.45, 7) is 5.16. The van der Waals surface area contributed by atoms with Gasteiger partial charge in [0.25, 0.3) is 5.56 Å². The minimum absolute atomic E-state index is 0.0658. The lowest BCUT2D eigenvalue weighted by Gasteiger charge is -2.38. The number of nitrogens with zero attached hydrogens (tertiary/aromatic N) is 2. The normalized spacial score (nSPS) is 18.4. The van der Waals surface area contributed by atoms with Crippen molar-refractivity contribution in [3.63, 3.8) is 0 Å². The summed E-state index contributed by atoms with van der Waals surface area (Å²) in [5, 5.41) is 9.55. The average molecular weight is 718 g/mol. The second kappa shape index (κ2) is 17.9. The van der Waals surface area contributed by atoms with E-state index >= 15 is 4.39 Å².